The van der Waals surface area contributed by atoms with Gasteiger partial charge in [0.15, 0.2) is 5.82 Å². The van der Waals surface area contributed by atoms with Crippen LogP contribution in [0.3, 0.4) is 0 Å². The first-order chi connectivity index (χ1) is 9.23. The fourth-order valence-electron chi connectivity index (χ4n) is 3.05. The van der Waals surface area contributed by atoms with Gasteiger partial charge in [-0.25, -0.2) is 9.97 Å². The number of rotatable bonds is 2. The molecule has 0 aliphatic carbocycles. The van der Waals surface area contributed by atoms with E-state index in [1.54, 1.807) is 0 Å². The van der Waals surface area contributed by atoms with Gasteiger partial charge in [-0.1, -0.05) is 6.92 Å². The Morgan fingerprint density at radius 3 is 2.95 bits per heavy atom. The summed E-state index contributed by atoms with van der Waals surface area (Å²) in [6, 6.07) is 0. The molecule has 1 fully saturated rings. The predicted octanol–water partition coefficient (Wildman–Crippen LogP) is 2.10. The third-order valence-electron chi connectivity index (χ3n) is 4.30. The van der Waals surface area contributed by atoms with Crippen LogP contribution in [0.5, 0.6) is 0 Å². The van der Waals surface area contributed by atoms with E-state index in [9.17, 15) is 0 Å². The van der Waals surface area contributed by atoms with E-state index in [1.807, 2.05) is 0 Å². The molecule has 0 spiro atoms. The van der Waals surface area contributed by atoms with E-state index >= 15 is 0 Å². The number of hydrogen-bond acceptors (Lipinski definition) is 4. The van der Waals surface area contributed by atoms with E-state index in [0.29, 0.717) is 0 Å². The molecule has 1 aromatic rings. The van der Waals surface area contributed by atoms with E-state index < -0.39 is 0 Å². The normalized spacial score (nSPS) is 27.1. The summed E-state index contributed by atoms with van der Waals surface area (Å²) in [4.78, 5) is 9.67. The molecule has 0 saturated carbocycles. The second-order valence-corrected chi connectivity index (χ2v) is 5.74. The number of nitrogens with one attached hydrogen (secondary N) is 1. The van der Waals surface area contributed by atoms with Crippen LogP contribution in [0.15, 0.2) is 0 Å². The Labute approximate surface area is 115 Å². The highest BCUT2D eigenvalue weighted by molar-refractivity contribution is 5.29. The van der Waals surface area contributed by atoms with Crippen molar-refractivity contribution in [2.75, 3.05) is 13.2 Å². The molecule has 0 radical (unpaired) electrons. The lowest BCUT2D eigenvalue weighted by Crippen LogP contribution is -2.35. The van der Waals surface area contributed by atoms with E-state index in [2.05, 4.69) is 19.2 Å². The lowest BCUT2D eigenvalue weighted by Gasteiger charge is -2.33. The molecule has 1 atom stereocenters. The van der Waals surface area contributed by atoms with Gasteiger partial charge in [-0.05, 0) is 32.6 Å². The average molecular weight is 261 g/mol. The summed E-state index contributed by atoms with van der Waals surface area (Å²) in [5, 5.41) is 3.41. The minimum absolute atomic E-state index is 0.276. The molecule has 4 heteroatoms. The first-order valence-electron chi connectivity index (χ1n) is 7.47. The van der Waals surface area contributed by atoms with Crippen LogP contribution < -0.4 is 5.32 Å². The molecule has 1 N–H and O–H groups in total. The van der Waals surface area contributed by atoms with Crippen LogP contribution in [0.1, 0.15) is 55.9 Å². The summed E-state index contributed by atoms with van der Waals surface area (Å²) in [6.07, 6.45) is 5.38. The highest BCUT2D eigenvalue weighted by Crippen LogP contribution is 2.33. The smallest absolute Gasteiger partial charge is 0.160 e. The molecule has 0 bridgehead atoms. The molecule has 3 rings (SSSR count). The second-order valence-electron chi connectivity index (χ2n) is 5.74. The zero-order chi connectivity index (χ0) is 13.3. The molecule has 1 unspecified atom stereocenters. The van der Waals surface area contributed by atoms with Gasteiger partial charge in [-0.3, -0.25) is 0 Å². The molecule has 2 aliphatic rings. The predicted molar refractivity (Wildman–Crippen MR) is 74.0 cm³/mol. The van der Waals surface area contributed by atoms with Crippen molar-refractivity contribution in [2.24, 2.45) is 0 Å². The molecular weight excluding hydrogens is 238 g/mol. The summed E-state index contributed by atoms with van der Waals surface area (Å²) >= 11 is 0. The minimum atomic E-state index is -0.276. The molecule has 104 valence electrons. The number of aryl methyl sites for hydroxylation is 1. The minimum Gasteiger partial charge on any atom is -0.367 e. The Morgan fingerprint density at radius 1 is 1.32 bits per heavy atom. The van der Waals surface area contributed by atoms with E-state index in [0.717, 1.165) is 51.2 Å². The van der Waals surface area contributed by atoms with Gasteiger partial charge >= 0.3 is 0 Å². The van der Waals surface area contributed by atoms with E-state index in [1.165, 1.54) is 23.4 Å². The van der Waals surface area contributed by atoms with Crippen molar-refractivity contribution >= 4 is 0 Å². The number of ether oxygens (including phenoxy) is 1. The van der Waals surface area contributed by atoms with E-state index in [-0.39, 0.29) is 5.60 Å². The Hall–Kier alpha value is -1.00. The van der Waals surface area contributed by atoms with Crippen molar-refractivity contribution in [3.63, 3.8) is 0 Å². The van der Waals surface area contributed by atoms with Gasteiger partial charge in [-0.2, -0.15) is 0 Å². The fourth-order valence-corrected chi connectivity index (χ4v) is 3.05. The fraction of sp³-hybridized carbons (Fsp3) is 0.733. The summed E-state index contributed by atoms with van der Waals surface area (Å²) in [5.41, 5.74) is 3.47. The lowest BCUT2D eigenvalue weighted by molar-refractivity contribution is -0.0763. The lowest BCUT2D eigenvalue weighted by atomic mass is 9.93. The van der Waals surface area contributed by atoms with Crippen molar-refractivity contribution in [1.82, 2.24) is 15.3 Å². The summed E-state index contributed by atoms with van der Waals surface area (Å²) < 4.78 is 6.00. The Morgan fingerprint density at radius 2 is 2.21 bits per heavy atom. The third kappa shape index (κ3) is 2.39. The number of nitrogens with zero attached hydrogens (tertiary/aromatic N) is 2. The monoisotopic (exact) mass is 261 g/mol. The molecule has 2 aliphatic heterocycles. The molecule has 3 heterocycles. The first kappa shape index (κ1) is 13.0. The van der Waals surface area contributed by atoms with Crippen LogP contribution in [-0.2, 0) is 29.7 Å². The van der Waals surface area contributed by atoms with E-state index in [4.69, 9.17) is 14.7 Å². The van der Waals surface area contributed by atoms with Crippen molar-refractivity contribution in [3.8, 4) is 0 Å². The molecule has 1 aromatic heterocycles. The Kier molecular flexibility index (Phi) is 3.54. The maximum atomic E-state index is 6.00. The standard InChI is InChI=1S/C15H23N3O/c1-3-12-11-10-16-8-6-13(11)18-14(17-12)15(2)7-4-5-9-19-15/h16H,3-10H2,1-2H3. The van der Waals surface area contributed by atoms with Crippen molar-refractivity contribution in [3.05, 3.63) is 22.8 Å². The largest absolute Gasteiger partial charge is 0.367 e. The van der Waals surface area contributed by atoms with Crippen LogP contribution >= 0.6 is 0 Å². The Balaban J connectivity index is 2.02. The van der Waals surface area contributed by atoms with Crippen LogP contribution in [0, 0.1) is 0 Å². The zero-order valence-electron chi connectivity index (χ0n) is 12.0. The van der Waals surface area contributed by atoms with Crippen LogP contribution in [0.2, 0.25) is 0 Å². The first-order valence-corrected chi connectivity index (χ1v) is 7.47. The molecule has 0 amide bonds. The van der Waals surface area contributed by atoms with Gasteiger partial charge < -0.3 is 10.1 Å². The van der Waals surface area contributed by atoms with Gasteiger partial charge in [0.05, 0.1) is 5.69 Å². The summed E-state index contributed by atoms with van der Waals surface area (Å²) in [7, 11) is 0. The average Bonchev–Trinajstić information content (AvgIpc) is 2.47. The summed E-state index contributed by atoms with van der Waals surface area (Å²) in [6.45, 7) is 7.08. The number of hydrogen-bond donors (Lipinski definition) is 1. The van der Waals surface area contributed by atoms with Gasteiger partial charge in [0.2, 0.25) is 0 Å². The third-order valence-corrected chi connectivity index (χ3v) is 4.30. The zero-order valence-corrected chi connectivity index (χ0v) is 12.0. The maximum absolute atomic E-state index is 6.00. The summed E-state index contributed by atoms with van der Waals surface area (Å²) in [5.74, 6) is 0.907. The number of fused-ring (bicyclic) bond motifs is 1. The molecular formula is C15H23N3O. The SMILES string of the molecule is CCc1nc(C2(C)CCCCO2)nc2c1CNCC2. The molecule has 19 heavy (non-hydrogen) atoms. The van der Waals surface area contributed by atoms with Crippen molar-refractivity contribution in [2.45, 2.75) is 58.1 Å². The topological polar surface area (TPSA) is 47.0 Å². The Bertz CT molecular complexity index is 449. The van der Waals surface area contributed by atoms with Gasteiger partial charge in [-0.15, -0.1) is 0 Å². The highest BCUT2D eigenvalue weighted by atomic mass is 16.5. The van der Waals surface area contributed by atoms with Crippen molar-refractivity contribution < 1.29 is 4.74 Å². The molecule has 0 aromatic carbocycles. The van der Waals surface area contributed by atoms with Crippen LogP contribution in [0.25, 0.3) is 0 Å². The quantitative estimate of drug-likeness (QED) is 0.885. The highest BCUT2D eigenvalue weighted by Gasteiger charge is 2.34. The molecule has 1 saturated heterocycles. The van der Waals surface area contributed by atoms with Crippen LogP contribution in [-0.4, -0.2) is 23.1 Å². The van der Waals surface area contributed by atoms with Gasteiger partial charge in [0, 0.05) is 37.4 Å². The number of aromatic nitrogens is 2. The van der Waals surface area contributed by atoms with Crippen molar-refractivity contribution in [1.29, 1.82) is 0 Å². The van der Waals surface area contributed by atoms with Gasteiger partial charge in [0.25, 0.3) is 0 Å². The van der Waals surface area contributed by atoms with Crippen LogP contribution in [0.4, 0.5) is 0 Å². The maximum Gasteiger partial charge on any atom is 0.160 e. The molecule has 4 nitrogen and oxygen atoms in total. The second kappa shape index (κ2) is 5.17. The van der Waals surface area contributed by atoms with Gasteiger partial charge in [0.1, 0.15) is 5.60 Å².